The fraction of sp³-hybridized carbons (Fsp3) is 1.00. The third kappa shape index (κ3) is 4.06. The molecule has 0 saturated carbocycles. The summed E-state index contributed by atoms with van der Waals surface area (Å²) in [5.74, 6) is 0.275. The van der Waals surface area contributed by atoms with E-state index in [1.54, 1.807) is 0 Å². The van der Waals surface area contributed by atoms with Gasteiger partial charge >= 0.3 is 0 Å². The molecule has 1 N–H and O–H groups in total. The van der Waals surface area contributed by atoms with Crippen LogP contribution in [0.4, 0.5) is 0 Å². The highest BCUT2D eigenvalue weighted by Crippen LogP contribution is 2.02. The molecule has 0 aliphatic carbocycles. The van der Waals surface area contributed by atoms with E-state index in [0.29, 0.717) is 12.6 Å². The topological polar surface area (TPSA) is 49.4 Å². The average Bonchev–Trinajstić information content (AvgIpc) is 2.01. The molecule has 1 atom stereocenters. The Morgan fingerprint density at radius 2 is 2.23 bits per heavy atom. The van der Waals surface area contributed by atoms with Crippen molar-refractivity contribution in [3.63, 3.8) is 0 Å². The molecule has 1 unspecified atom stereocenters. The monoisotopic (exact) mass is 206 g/mol. The van der Waals surface area contributed by atoms with Gasteiger partial charge in [0.25, 0.3) is 0 Å². The third-order valence-corrected chi connectivity index (χ3v) is 3.31. The Bertz CT molecular complexity index is 251. The first kappa shape index (κ1) is 10.9. The number of nitrogens with zero attached hydrogens (tertiary/aromatic N) is 1. The summed E-state index contributed by atoms with van der Waals surface area (Å²) in [5, 5.41) is 3.27. The number of sulfone groups is 1. The smallest absolute Gasteiger partial charge is 0.148 e. The van der Waals surface area contributed by atoms with Crippen LogP contribution in [0.1, 0.15) is 6.92 Å². The molecule has 0 bridgehead atoms. The summed E-state index contributed by atoms with van der Waals surface area (Å²) in [6.45, 7) is 5.67. The molecule has 5 heteroatoms. The number of piperazine rings is 1. The Hall–Kier alpha value is -0.130. The van der Waals surface area contributed by atoms with Crippen LogP contribution >= 0.6 is 0 Å². The van der Waals surface area contributed by atoms with E-state index in [1.807, 2.05) is 0 Å². The predicted octanol–water partition coefficient (Wildman–Crippen LogP) is -0.675. The van der Waals surface area contributed by atoms with Gasteiger partial charge in [-0.3, -0.25) is 4.90 Å². The van der Waals surface area contributed by atoms with E-state index in [2.05, 4.69) is 17.1 Å². The highest BCUT2D eigenvalue weighted by molar-refractivity contribution is 7.90. The van der Waals surface area contributed by atoms with Gasteiger partial charge in [0, 0.05) is 38.5 Å². The molecule has 0 amide bonds. The molecule has 0 aromatic heterocycles. The molecule has 1 rings (SSSR count). The first-order chi connectivity index (χ1) is 5.99. The van der Waals surface area contributed by atoms with Crippen LogP contribution in [-0.2, 0) is 9.84 Å². The summed E-state index contributed by atoms with van der Waals surface area (Å²) in [6, 6.07) is 0.454. The van der Waals surface area contributed by atoms with Gasteiger partial charge in [0.2, 0.25) is 0 Å². The van der Waals surface area contributed by atoms with Crippen LogP contribution in [0.25, 0.3) is 0 Å². The van der Waals surface area contributed by atoms with Gasteiger partial charge in [-0.2, -0.15) is 0 Å². The quantitative estimate of drug-likeness (QED) is 0.665. The van der Waals surface area contributed by atoms with Crippen molar-refractivity contribution in [2.75, 3.05) is 38.2 Å². The lowest BCUT2D eigenvalue weighted by Gasteiger charge is -2.33. The zero-order valence-electron chi connectivity index (χ0n) is 8.28. The van der Waals surface area contributed by atoms with Crippen molar-refractivity contribution in [3.8, 4) is 0 Å². The van der Waals surface area contributed by atoms with Gasteiger partial charge in [-0.15, -0.1) is 0 Å². The highest BCUT2D eigenvalue weighted by Gasteiger charge is 2.18. The van der Waals surface area contributed by atoms with E-state index in [-0.39, 0.29) is 5.75 Å². The molecule has 4 nitrogen and oxygen atoms in total. The number of hydrogen-bond acceptors (Lipinski definition) is 4. The molecule has 1 heterocycles. The lowest BCUT2D eigenvalue weighted by atomic mass is 10.2. The summed E-state index contributed by atoms with van der Waals surface area (Å²) >= 11 is 0. The number of hydrogen-bond donors (Lipinski definition) is 1. The minimum absolute atomic E-state index is 0.275. The van der Waals surface area contributed by atoms with E-state index >= 15 is 0 Å². The molecular formula is C8H18N2O2S. The third-order valence-electron chi connectivity index (χ3n) is 2.39. The standard InChI is InChI=1S/C8H18N2O2S/c1-8-7-9-3-4-10(8)5-6-13(2,11)12/h8-9H,3-7H2,1-2H3. The fourth-order valence-electron chi connectivity index (χ4n) is 1.50. The summed E-state index contributed by atoms with van der Waals surface area (Å²) in [6.07, 6.45) is 1.29. The van der Waals surface area contributed by atoms with Crippen molar-refractivity contribution >= 4 is 9.84 Å². The Balaban J connectivity index is 2.35. The van der Waals surface area contributed by atoms with E-state index in [0.717, 1.165) is 19.6 Å². The van der Waals surface area contributed by atoms with Crippen molar-refractivity contribution in [2.24, 2.45) is 0 Å². The van der Waals surface area contributed by atoms with Crippen molar-refractivity contribution in [3.05, 3.63) is 0 Å². The van der Waals surface area contributed by atoms with E-state index in [4.69, 9.17) is 0 Å². The number of nitrogens with one attached hydrogen (secondary N) is 1. The van der Waals surface area contributed by atoms with Crippen LogP contribution < -0.4 is 5.32 Å². The zero-order chi connectivity index (χ0) is 9.90. The largest absolute Gasteiger partial charge is 0.314 e. The van der Waals surface area contributed by atoms with E-state index in [1.165, 1.54) is 6.26 Å². The molecule has 0 aromatic carbocycles. The summed E-state index contributed by atoms with van der Waals surface area (Å²) < 4.78 is 21.9. The molecule has 0 aromatic rings. The van der Waals surface area contributed by atoms with Crippen LogP contribution in [0.15, 0.2) is 0 Å². The second kappa shape index (κ2) is 4.39. The zero-order valence-corrected chi connectivity index (χ0v) is 9.10. The first-order valence-electron chi connectivity index (χ1n) is 4.61. The lowest BCUT2D eigenvalue weighted by Crippen LogP contribution is -2.50. The van der Waals surface area contributed by atoms with Crippen LogP contribution in [0.5, 0.6) is 0 Å². The lowest BCUT2D eigenvalue weighted by molar-refractivity contribution is 0.184. The molecule has 1 saturated heterocycles. The summed E-state index contributed by atoms with van der Waals surface area (Å²) in [7, 11) is -2.81. The van der Waals surface area contributed by atoms with E-state index < -0.39 is 9.84 Å². The summed E-state index contributed by atoms with van der Waals surface area (Å²) in [4.78, 5) is 2.22. The average molecular weight is 206 g/mol. The number of rotatable bonds is 3. The first-order valence-corrected chi connectivity index (χ1v) is 6.67. The highest BCUT2D eigenvalue weighted by atomic mass is 32.2. The minimum Gasteiger partial charge on any atom is -0.314 e. The van der Waals surface area contributed by atoms with Gasteiger partial charge in [0.05, 0.1) is 5.75 Å². The second-order valence-corrected chi connectivity index (χ2v) is 5.98. The van der Waals surface area contributed by atoms with Gasteiger partial charge in [-0.05, 0) is 6.92 Å². The molecular weight excluding hydrogens is 188 g/mol. The van der Waals surface area contributed by atoms with Gasteiger partial charge in [0.15, 0.2) is 0 Å². The van der Waals surface area contributed by atoms with Gasteiger partial charge in [0.1, 0.15) is 9.84 Å². The normalized spacial score (nSPS) is 26.2. The predicted molar refractivity (Wildman–Crippen MR) is 53.6 cm³/mol. The molecule has 0 spiro atoms. The minimum atomic E-state index is -2.81. The Labute approximate surface area is 80.2 Å². The van der Waals surface area contributed by atoms with E-state index in [9.17, 15) is 8.42 Å². The molecule has 1 aliphatic rings. The van der Waals surface area contributed by atoms with Crippen LogP contribution in [0.2, 0.25) is 0 Å². The van der Waals surface area contributed by atoms with Crippen LogP contribution in [-0.4, -0.2) is 57.5 Å². The fourth-order valence-corrected chi connectivity index (χ4v) is 2.06. The van der Waals surface area contributed by atoms with Crippen molar-refractivity contribution in [1.82, 2.24) is 10.2 Å². The van der Waals surface area contributed by atoms with Crippen molar-refractivity contribution in [2.45, 2.75) is 13.0 Å². The maximum Gasteiger partial charge on any atom is 0.148 e. The summed E-state index contributed by atoms with van der Waals surface area (Å²) in [5.41, 5.74) is 0. The maximum absolute atomic E-state index is 10.9. The molecule has 13 heavy (non-hydrogen) atoms. The molecule has 0 radical (unpaired) electrons. The van der Waals surface area contributed by atoms with Gasteiger partial charge in [-0.25, -0.2) is 8.42 Å². The van der Waals surface area contributed by atoms with Gasteiger partial charge in [-0.1, -0.05) is 0 Å². The van der Waals surface area contributed by atoms with Crippen molar-refractivity contribution < 1.29 is 8.42 Å². The van der Waals surface area contributed by atoms with Crippen LogP contribution in [0, 0.1) is 0 Å². The van der Waals surface area contributed by atoms with Gasteiger partial charge < -0.3 is 5.32 Å². The van der Waals surface area contributed by atoms with Crippen molar-refractivity contribution in [1.29, 1.82) is 0 Å². The van der Waals surface area contributed by atoms with Crippen LogP contribution in [0.3, 0.4) is 0 Å². The Morgan fingerprint density at radius 3 is 2.77 bits per heavy atom. The molecule has 78 valence electrons. The Morgan fingerprint density at radius 1 is 1.54 bits per heavy atom. The maximum atomic E-state index is 10.9. The second-order valence-electron chi connectivity index (χ2n) is 3.72. The molecule has 1 fully saturated rings. The Kier molecular flexibility index (Phi) is 3.70. The molecule has 1 aliphatic heterocycles. The SMILES string of the molecule is CC1CNCCN1CCS(C)(=O)=O.